The van der Waals surface area contributed by atoms with Crippen molar-refractivity contribution < 1.29 is 10.2 Å². The van der Waals surface area contributed by atoms with Gasteiger partial charge < -0.3 is 15.5 Å². The van der Waals surface area contributed by atoms with E-state index in [1.165, 1.54) is 6.42 Å². The number of hydrogen-bond donors (Lipinski definition) is 3. The summed E-state index contributed by atoms with van der Waals surface area (Å²) in [6.07, 6.45) is 3.55. The van der Waals surface area contributed by atoms with E-state index in [1.807, 2.05) is 6.92 Å². The SMILES string of the molecule is CC1CCC(NC(C)(CO)CO)CC1C. The summed E-state index contributed by atoms with van der Waals surface area (Å²) in [6, 6.07) is 0.445. The van der Waals surface area contributed by atoms with Crippen molar-refractivity contribution in [1.29, 1.82) is 0 Å². The monoisotopic (exact) mass is 215 g/mol. The molecule has 1 rings (SSSR count). The zero-order chi connectivity index (χ0) is 11.5. The van der Waals surface area contributed by atoms with Crippen LogP contribution in [-0.2, 0) is 0 Å². The van der Waals surface area contributed by atoms with E-state index >= 15 is 0 Å². The van der Waals surface area contributed by atoms with E-state index in [-0.39, 0.29) is 13.2 Å². The molecule has 0 radical (unpaired) electrons. The fourth-order valence-electron chi connectivity index (χ4n) is 2.31. The molecule has 0 aromatic carbocycles. The van der Waals surface area contributed by atoms with Crippen molar-refractivity contribution in [3.63, 3.8) is 0 Å². The summed E-state index contributed by atoms with van der Waals surface area (Å²) in [5.74, 6) is 1.54. The van der Waals surface area contributed by atoms with Gasteiger partial charge in [-0.2, -0.15) is 0 Å². The molecule has 1 aliphatic carbocycles. The lowest BCUT2D eigenvalue weighted by molar-refractivity contribution is 0.0794. The molecule has 1 fully saturated rings. The number of rotatable bonds is 4. The van der Waals surface area contributed by atoms with Crippen LogP contribution in [0.5, 0.6) is 0 Å². The van der Waals surface area contributed by atoms with Crippen LogP contribution in [0, 0.1) is 11.8 Å². The van der Waals surface area contributed by atoms with Gasteiger partial charge in [0.15, 0.2) is 0 Å². The van der Waals surface area contributed by atoms with E-state index in [4.69, 9.17) is 0 Å². The Balaban J connectivity index is 2.45. The van der Waals surface area contributed by atoms with Crippen molar-refractivity contribution in [3.05, 3.63) is 0 Å². The van der Waals surface area contributed by atoms with Gasteiger partial charge in [-0.15, -0.1) is 0 Å². The lowest BCUT2D eigenvalue weighted by atomic mass is 9.78. The first-order valence-electron chi connectivity index (χ1n) is 6.00. The summed E-state index contributed by atoms with van der Waals surface area (Å²) >= 11 is 0. The van der Waals surface area contributed by atoms with E-state index in [0.29, 0.717) is 6.04 Å². The predicted molar refractivity (Wildman–Crippen MR) is 61.7 cm³/mol. The van der Waals surface area contributed by atoms with E-state index in [9.17, 15) is 10.2 Å². The largest absolute Gasteiger partial charge is 0.394 e. The molecule has 3 atom stereocenters. The maximum absolute atomic E-state index is 9.21. The highest BCUT2D eigenvalue weighted by Crippen LogP contribution is 2.30. The number of aliphatic hydroxyl groups excluding tert-OH is 2. The molecule has 0 aliphatic heterocycles. The summed E-state index contributed by atoms with van der Waals surface area (Å²) in [5, 5.41) is 21.8. The lowest BCUT2D eigenvalue weighted by Crippen LogP contribution is -2.54. The highest BCUT2D eigenvalue weighted by molar-refractivity contribution is 4.89. The van der Waals surface area contributed by atoms with Crippen molar-refractivity contribution in [2.75, 3.05) is 13.2 Å². The van der Waals surface area contributed by atoms with Crippen molar-refractivity contribution in [3.8, 4) is 0 Å². The quantitative estimate of drug-likeness (QED) is 0.659. The topological polar surface area (TPSA) is 52.5 Å². The summed E-state index contributed by atoms with van der Waals surface area (Å²) < 4.78 is 0. The van der Waals surface area contributed by atoms with Gasteiger partial charge in [0.2, 0.25) is 0 Å². The normalized spacial score (nSPS) is 33.0. The van der Waals surface area contributed by atoms with Crippen LogP contribution in [0.2, 0.25) is 0 Å². The zero-order valence-corrected chi connectivity index (χ0v) is 10.2. The Morgan fingerprint density at radius 1 is 1.13 bits per heavy atom. The summed E-state index contributed by atoms with van der Waals surface area (Å²) in [7, 11) is 0. The van der Waals surface area contributed by atoms with Gasteiger partial charge in [0.25, 0.3) is 0 Å². The molecule has 3 N–H and O–H groups in total. The minimum absolute atomic E-state index is 0.00999. The Kier molecular flexibility index (Phi) is 4.56. The first-order chi connectivity index (χ1) is 7.00. The van der Waals surface area contributed by atoms with E-state index in [0.717, 1.165) is 24.7 Å². The third-order valence-corrected chi connectivity index (χ3v) is 3.85. The molecule has 0 aromatic heterocycles. The van der Waals surface area contributed by atoms with Crippen molar-refractivity contribution in [2.24, 2.45) is 11.8 Å². The molecule has 0 saturated heterocycles. The van der Waals surface area contributed by atoms with Gasteiger partial charge in [0, 0.05) is 6.04 Å². The fourth-order valence-corrected chi connectivity index (χ4v) is 2.31. The smallest absolute Gasteiger partial charge is 0.0633 e. The van der Waals surface area contributed by atoms with Gasteiger partial charge in [-0.25, -0.2) is 0 Å². The van der Waals surface area contributed by atoms with E-state index < -0.39 is 5.54 Å². The Morgan fingerprint density at radius 3 is 2.20 bits per heavy atom. The molecule has 0 bridgehead atoms. The Bertz CT molecular complexity index is 192. The predicted octanol–water partition coefficient (Wildman–Crippen LogP) is 1.14. The van der Waals surface area contributed by atoms with Gasteiger partial charge in [-0.1, -0.05) is 13.8 Å². The molecule has 1 aliphatic rings. The van der Waals surface area contributed by atoms with Crippen LogP contribution in [-0.4, -0.2) is 35.0 Å². The molecule has 3 heteroatoms. The number of aliphatic hydroxyl groups is 2. The molecule has 90 valence electrons. The summed E-state index contributed by atoms with van der Waals surface area (Å²) in [6.45, 7) is 6.44. The molecule has 0 aromatic rings. The second-order valence-corrected chi connectivity index (χ2v) is 5.49. The first-order valence-corrected chi connectivity index (χ1v) is 6.00. The highest BCUT2D eigenvalue weighted by Gasteiger charge is 2.30. The molecule has 0 spiro atoms. The molecule has 3 nitrogen and oxygen atoms in total. The van der Waals surface area contributed by atoms with Crippen LogP contribution in [0.3, 0.4) is 0 Å². The highest BCUT2D eigenvalue weighted by atomic mass is 16.3. The van der Waals surface area contributed by atoms with E-state index in [1.54, 1.807) is 0 Å². The first kappa shape index (κ1) is 12.9. The minimum atomic E-state index is -0.523. The van der Waals surface area contributed by atoms with Crippen LogP contribution in [0.25, 0.3) is 0 Å². The van der Waals surface area contributed by atoms with Gasteiger partial charge in [-0.3, -0.25) is 0 Å². The standard InChI is InChI=1S/C12H25NO2/c1-9-4-5-11(6-10(9)2)13-12(3,7-14)8-15/h9-11,13-15H,4-8H2,1-3H3. The molecule has 0 heterocycles. The average Bonchev–Trinajstić information content (AvgIpc) is 2.23. The summed E-state index contributed by atoms with van der Waals surface area (Å²) in [5.41, 5.74) is -0.523. The third kappa shape index (κ3) is 3.44. The second kappa shape index (κ2) is 5.28. The van der Waals surface area contributed by atoms with Crippen LogP contribution in [0.4, 0.5) is 0 Å². The molecular weight excluding hydrogens is 190 g/mol. The maximum atomic E-state index is 9.21. The van der Waals surface area contributed by atoms with Crippen molar-refractivity contribution >= 4 is 0 Å². The third-order valence-electron chi connectivity index (χ3n) is 3.85. The average molecular weight is 215 g/mol. The molecular formula is C12H25NO2. The molecule has 1 saturated carbocycles. The van der Waals surface area contributed by atoms with Crippen LogP contribution in [0.15, 0.2) is 0 Å². The Labute approximate surface area is 92.9 Å². The second-order valence-electron chi connectivity index (χ2n) is 5.49. The number of hydrogen-bond acceptors (Lipinski definition) is 3. The van der Waals surface area contributed by atoms with Crippen LogP contribution in [0.1, 0.15) is 40.0 Å². The molecule has 3 unspecified atom stereocenters. The zero-order valence-electron chi connectivity index (χ0n) is 10.2. The Hall–Kier alpha value is -0.120. The van der Waals surface area contributed by atoms with Crippen LogP contribution < -0.4 is 5.32 Å². The van der Waals surface area contributed by atoms with Gasteiger partial charge >= 0.3 is 0 Å². The van der Waals surface area contributed by atoms with E-state index in [2.05, 4.69) is 19.2 Å². The maximum Gasteiger partial charge on any atom is 0.0633 e. The van der Waals surface area contributed by atoms with Crippen molar-refractivity contribution in [1.82, 2.24) is 5.32 Å². The lowest BCUT2D eigenvalue weighted by Gasteiger charge is -2.38. The van der Waals surface area contributed by atoms with Gasteiger partial charge in [-0.05, 0) is 38.0 Å². The van der Waals surface area contributed by atoms with Crippen LogP contribution >= 0.6 is 0 Å². The minimum Gasteiger partial charge on any atom is -0.394 e. The fraction of sp³-hybridized carbons (Fsp3) is 1.00. The molecule has 15 heavy (non-hydrogen) atoms. The number of nitrogens with one attached hydrogen (secondary N) is 1. The van der Waals surface area contributed by atoms with Crippen molar-refractivity contribution in [2.45, 2.75) is 51.6 Å². The molecule has 0 amide bonds. The Morgan fingerprint density at radius 2 is 1.73 bits per heavy atom. The summed E-state index contributed by atoms with van der Waals surface area (Å²) in [4.78, 5) is 0. The van der Waals surface area contributed by atoms with Gasteiger partial charge in [0.1, 0.15) is 0 Å². The van der Waals surface area contributed by atoms with Gasteiger partial charge in [0.05, 0.1) is 18.8 Å².